The monoisotopic (exact) mass is 277 g/mol. The highest BCUT2D eigenvalue weighted by Gasteiger charge is 2.14. The van der Waals surface area contributed by atoms with E-state index in [1.54, 1.807) is 18.2 Å². The number of oxazole rings is 1. The van der Waals surface area contributed by atoms with E-state index in [9.17, 15) is 9.59 Å². The highest BCUT2D eigenvalue weighted by molar-refractivity contribution is 5.81. The number of carbonyl (C=O) groups is 1. The van der Waals surface area contributed by atoms with Gasteiger partial charge in [0.15, 0.2) is 5.58 Å². The van der Waals surface area contributed by atoms with Gasteiger partial charge in [-0.25, -0.2) is 4.79 Å². The molecule has 2 aromatic rings. The quantitative estimate of drug-likeness (QED) is 0.810. The van der Waals surface area contributed by atoms with Gasteiger partial charge in [-0.05, 0) is 25.0 Å². The summed E-state index contributed by atoms with van der Waals surface area (Å²) in [5, 5.41) is 2.89. The predicted molar refractivity (Wildman–Crippen MR) is 77.4 cm³/mol. The number of benzene rings is 1. The number of anilines is 1. The number of amides is 1. The Balaban J connectivity index is 2.23. The lowest BCUT2D eigenvalue weighted by molar-refractivity contribution is -0.122. The first kappa shape index (κ1) is 14.2. The normalized spacial score (nSPS) is 11.2. The number of nitrogen functional groups attached to an aromatic ring is 1. The number of nitrogens with one attached hydrogen (secondary N) is 1. The molecule has 1 aromatic carbocycles. The van der Waals surface area contributed by atoms with Crippen molar-refractivity contribution in [1.82, 2.24) is 9.88 Å². The maximum absolute atomic E-state index is 12.0. The van der Waals surface area contributed by atoms with Crippen LogP contribution in [0.4, 0.5) is 5.69 Å². The van der Waals surface area contributed by atoms with Gasteiger partial charge >= 0.3 is 5.76 Å². The SMILES string of the molecule is CCC(CC)NC(=O)Cn1c(=O)oc2cc(N)ccc21. The van der Waals surface area contributed by atoms with Crippen LogP contribution in [0.25, 0.3) is 11.1 Å². The minimum absolute atomic E-state index is 0.0494. The number of rotatable bonds is 5. The Bertz CT molecular complexity index is 668. The molecule has 1 aromatic heterocycles. The molecule has 6 heteroatoms. The fraction of sp³-hybridized carbons (Fsp3) is 0.429. The lowest BCUT2D eigenvalue weighted by Gasteiger charge is -2.14. The van der Waals surface area contributed by atoms with Gasteiger partial charge in [-0.15, -0.1) is 0 Å². The summed E-state index contributed by atoms with van der Waals surface area (Å²) in [4.78, 5) is 23.8. The topological polar surface area (TPSA) is 90.3 Å². The third kappa shape index (κ3) is 2.84. The Labute approximate surface area is 116 Å². The molecule has 3 N–H and O–H groups in total. The number of aromatic nitrogens is 1. The van der Waals surface area contributed by atoms with Crippen LogP contribution in [-0.4, -0.2) is 16.5 Å². The average molecular weight is 277 g/mol. The summed E-state index contributed by atoms with van der Waals surface area (Å²) in [5.41, 5.74) is 7.12. The van der Waals surface area contributed by atoms with Crippen LogP contribution in [0.2, 0.25) is 0 Å². The Morgan fingerprint density at radius 1 is 1.40 bits per heavy atom. The van der Waals surface area contributed by atoms with E-state index in [1.807, 2.05) is 13.8 Å². The molecule has 0 spiro atoms. The minimum atomic E-state index is -0.551. The molecule has 0 unspecified atom stereocenters. The molecule has 0 radical (unpaired) electrons. The molecular weight excluding hydrogens is 258 g/mol. The van der Waals surface area contributed by atoms with Crippen molar-refractivity contribution in [3.63, 3.8) is 0 Å². The van der Waals surface area contributed by atoms with Crippen LogP contribution in [0, 0.1) is 0 Å². The summed E-state index contributed by atoms with van der Waals surface area (Å²) in [5.74, 6) is -0.745. The average Bonchev–Trinajstić information content (AvgIpc) is 2.71. The van der Waals surface area contributed by atoms with E-state index in [4.69, 9.17) is 10.2 Å². The highest BCUT2D eigenvalue weighted by atomic mass is 16.4. The van der Waals surface area contributed by atoms with E-state index in [1.165, 1.54) is 4.57 Å². The Kier molecular flexibility index (Phi) is 4.12. The van der Waals surface area contributed by atoms with Gasteiger partial charge in [0.2, 0.25) is 5.91 Å². The van der Waals surface area contributed by atoms with E-state index >= 15 is 0 Å². The molecule has 0 aliphatic carbocycles. The van der Waals surface area contributed by atoms with Crippen LogP contribution >= 0.6 is 0 Å². The summed E-state index contributed by atoms with van der Waals surface area (Å²) >= 11 is 0. The lowest BCUT2D eigenvalue weighted by atomic mass is 10.2. The van der Waals surface area contributed by atoms with E-state index in [-0.39, 0.29) is 18.5 Å². The second-order valence-corrected chi connectivity index (χ2v) is 4.76. The molecule has 2 rings (SSSR count). The van der Waals surface area contributed by atoms with Crippen molar-refractivity contribution in [2.75, 3.05) is 5.73 Å². The van der Waals surface area contributed by atoms with Crippen LogP contribution in [0.5, 0.6) is 0 Å². The van der Waals surface area contributed by atoms with Gasteiger partial charge in [0.1, 0.15) is 6.54 Å². The van der Waals surface area contributed by atoms with Gasteiger partial charge in [0.25, 0.3) is 0 Å². The second kappa shape index (κ2) is 5.81. The Morgan fingerprint density at radius 2 is 2.10 bits per heavy atom. The zero-order valence-electron chi connectivity index (χ0n) is 11.7. The molecule has 0 bridgehead atoms. The largest absolute Gasteiger partial charge is 0.420 e. The second-order valence-electron chi connectivity index (χ2n) is 4.76. The maximum atomic E-state index is 12.0. The third-order valence-corrected chi connectivity index (χ3v) is 3.34. The zero-order valence-corrected chi connectivity index (χ0v) is 11.7. The molecule has 0 aliphatic rings. The number of hydrogen-bond donors (Lipinski definition) is 2. The van der Waals surface area contributed by atoms with Crippen molar-refractivity contribution in [1.29, 1.82) is 0 Å². The van der Waals surface area contributed by atoms with Gasteiger partial charge in [0, 0.05) is 17.8 Å². The fourth-order valence-electron chi connectivity index (χ4n) is 2.14. The molecule has 0 atom stereocenters. The minimum Gasteiger partial charge on any atom is -0.408 e. The molecular formula is C14H19N3O3. The van der Waals surface area contributed by atoms with Gasteiger partial charge in [-0.3, -0.25) is 9.36 Å². The summed E-state index contributed by atoms with van der Waals surface area (Å²) in [6, 6.07) is 5.06. The van der Waals surface area contributed by atoms with Crippen LogP contribution in [0.15, 0.2) is 27.4 Å². The van der Waals surface area contributed by atoms with Crippen molar-refractivity contribution < 1.29 is 9.21 Å². The molecule has 6 nitrogen and oxygen atoms in total. The van der Waals surface area contributed by atoms with Crippen LogP contribution in [-0.2, 0) is 11.3 Å². The molecule has 108 valence electrons. The Morgan fingerprint density at radius 3 is 2.75 bits per heavy atom. The summed E-state index contributed by atoms with van der Waals surface area (Å²) < 4.78 is 6.40. The summed E-state index contributed by atoms with van der Waals surface area (Å²) in [6.45, 7) is 3.97. The molecule has 0 fully saturated rings. The van der Waals surface area contributed by atoms with Crippen LogP contribution in [0.1, 0.15) is 26.7 Å². The number of nitrogens with zero attached hydrogens (tertiary/aromatic N) is 1. The molecule has 0 saturated heterocycles. The summed E-state index contributed by atoms with van der Waals surface area (Å²) in [6.07, 6.45) is 1.72. The molecule has 1 amide bonds. The first-order valence-corrected chi connectivity index (χ1v) is 6.73. The first-order chi connectivity index (χ1) is 9.55. The maximum Gasteiger partial charge on any atom is 0.420 e. The number of fused-ring (bicyclic) bond motifs is 1. The van der Waals surface area contributed by atoms with Crippen molar-refractivity contribution >= 4 is 22.7 Å². The predicted octanol–water partition coefficient (Wildman–Crippen LogP) is 1.48. The third-order valence-electron chi connectivity index (χ3n) is 3.34. The Hall–Kier alpha value is -2.24. The molecule has 0 saturated carbocycles. The van der Waals surface area contributed by atoms with Gasteiger partial charge < -0.3 is 15.5 Å². The van der Waals surface area contributed by atoms with E-state index < -0.39 is 5.76 Å². The standard InChI is InChI=1S/C14H19N3O3/c1-3-10(4-2)16-13(18)8-17-11-6-5-9(15)7-12(11)20-14(17)19/h5-7,10H,3-4,8,15H2,1-2H3,(H,16,18). The van der Waals surface area contributed by atoms with E-state index in [0.29, 0.717) is 16.8 Å². The first-order valence-electron chi connectivity index (χ1n) is 6.73. The van der Waals surface area contributed by atoms with Gasteiger partial charge in [-0.1, -0.05) is 13.8 Å². The van der Waals surface area contributed by atoms with E-state index in [2.05, 4.69) is 5.32 Å². The number of hydrogen-bond acceptors (Lipinski definition) is 4. The van der Waals surface area contributed by atoms with Crippen molar-refractivity contribution in [2.24, 2.45) is 0 Å². The zero-order chi connectivity index (χ0) is 14.7. The van der Waals surface area contributed by atoms with E-state index in [0.717, 1.165) is 12.8 Å². The molecule has 1 heterocycles. The number of nitrogens with two attached hydrogens (primary N) is 1. The van der Waals surface area contributed by atoms with Gasteiger partial charge in [0.05, 0.1) is 5.52 Å². The van der Waals surface area contributed by atoms with Crippen molar-refractivity contribution in [2.45, 2.75) is 39.3 Å². The highest BCUT2D eigenvalue weighted by Crippen LogP contribution is 2.16. The van der Waals surface area contributed by atoms with Crippen molar-refractivity contribution in [3.05, 3.63) is 28.7 Å². The van der Waals surface area contributed by atoms with Crippen LogP contribution < -0.4 is 16.8 Å². The summed E-state index contributed by atoms with van der Waals surface area (Å²) in [7, 11) is 0. The van der Waals surface area contributed by atoms with Crippen molar-refractivity contribution in [3.8, 4) is 0 Å². The van der Waals surface area contributed by atoms with Gasteiger partial charge in [-0.2, -0.15) is 0 Å². The molecule has 20 heavy (non-hydrogen) atoms. The molecule has 0 aliphatic heterocycles. The van der Waals surface area contributed by atoms with Crippen LogP contribution in [0.3, 0.4) is 0 Å². The smallest absolute Gasteiger partial charge is 0.408 e. The number of carbonyl (C=O) groups excluding carboxylic acids is 1. The fourth-order valence-corrected chi connectivity index (χ4v) is 2.14. The lowest BCUT2D eigenvalue weighted by Crippen LogP contribution is -2.37.